The van der Waals surface area contributed by atoms with Gasteiger partial charge in [0.2, 0.25) is 5.91 Å². The van der Waals surface area contributed by atoms with E-state index in [2.05, 4.69) is 18.7 Å². The molecule has 0 aromatic rings. The number of nitrogens with two attached hydrogens (primary N) is 2. The van der Waals surface area contributed by atoms with Crippen molar-refractivity contribution in [2.24, 2.45) is 11.5 Å². The van der Waals surface area contributed by atoms with Crippen LogP contribution in [-0.4, -0.2) is 35.5 Å². The Morgan fingerprint density at radius 3 is 2.38 bits per heavy atom. The normalized spacial score (nSPS) is 33.5. The molecule has 1 rings (SSSR count). The molecule has 1 heterocycles. The topological polar surface area (TPSA) is 72.3 Å². The number of amides is 1. The summed E-state index contributed by atoms with van der Waals surface area (Å²) in [5, 5.41) is 0. The lowest BCUT2D eigenvalue weighted by molar-refractivity contribution is -0.119. The first-order valence-electron chi connectivity index (χ1n) is 4.58. The van der Waals surface area contributed by atoms with E-state index < -0.39 is 5.54 Å². The van der Waals surface area contributed by atoms with Crippen molar-refractivity contribution in [3.8, 4) is 0 Å². The monoisotopic (exact) mass is 185 g/mol. The number of hydrogen-bond acceptors (Lipinski definition) is 3. The van der Waals surface area contributed by atoms with Crippen LogP contribution in [-0.2, 0) is 4.79 Å². The molecule has 0 aliphatic carbocycles. The van der Waals surface area contributed by atoms with Gasteiger partial charge in [0.1, 0.15) is 0 Å². The van der Waals surface area contributed by atoms with E-state index in [1.54, 1.807) is 0 Å². The molecule has 1 fully saturated rings. The molecule has 76 valence electrons. The van der Waals surface area contributed by atoms with E-state index in [0.717, 1.165) is 13.0 Å². The number of carbonyl (C=O) groups excluding carboxylic acids is 1. The van der Waals surface area contributed by atoms with Crippen molar-refractivity contribution in [3.05, 3.63) is 0 Å². The van der Waals surface area contributed by atoms with Crippen LogP contribution in [0.5, 0.6) is 0 Å². The molecule has 1 atom stereocenters. The Kier molecular flexibility index (Phi) is 2.38. The van der Waals surface area contributed by atoms with Crippen LogP contribution in [0.25, 0.3) is 0 Å². The summed E-state index contributed by atoms with van der Waals surface area (Å²) in [5.41, 5.74) is 10.8. The minimum Gasteiger partial charge on any atom is -0.370 e. The van der Waals surface area contributed by atoms with Gasteiger partial charge in [-0.2, -0.15) is 0 Å². The van der Waals surface area contributed by atoms with Crippen LogP contribution in [0.1, 0.15) is 26.7 Å². The van der Waals surface area contributed by atoms with E-state index in [-0.39, 0.29) is 17.9 Å². The first-order valence-corrected chi connectivity index (χ1v) is 4.58. The molecule has 0 bridgehead atoms. The SMILES string of the molecule is CN1CCC(N)(CC(N)=O)C1(C)C. The summed E-state index contributed by atoms with van der Waals surface area (Å²) < 4.78 is 0. The van der Waals surface area contributed by atoms with Gasteiger partial charge >= 0.3 is 0 Å². The fourth-order valence-electron chi connectivity index (χ4n) is 1.95. The zero-order valence-electron chi connectivity index (χ0n) is 8.63. The summed E-state index contributed by atoms with van der Waals surface area (Å²) in [6.07, 6.45) is 1.10. The second-order valence-electron chi connectivity index (χ2n) is 4.53. The smallest absolute Gasteiger partial charge is 0.219 e. The van der Waals surface area contributed by atoms with Gasteiger partial charge in [-0.25, -0.2) is 0 Å². The Labute approximate surface area is 79.3 Å². The third-order valence-corrected chi connectivity index (χ3v) is 3.56. The Bertz CT molecular complexity index is 227. The maximum absolute atomic E-state index is 10.9. The zero-order valence-corrected chi connectivity index (χ0v) is 8.63. The van der Waals surface area contributed by atoms with Gasteiger partial charge in [0.05, 0.1) is 0 Å². The molecule has 4 N–H and O–H groups in total. The summed E-state index contributed by atoms with van der Waals surface area (Å²) in [6, 6.07) is 0. The third kappa shape index (κ3) is 1.56. The molecule has 1 unspecified atom stereocenters. The number of hydrogen-bond donors (Lipinski definition) is 2. The quantitative estimate of drug-likeness (QED) is 0.619. The van der Waals surface area contributed by atoms with Crippen LogP contribution < -0.4 is 11.5 Å². The lowest BCUT2D eigenvalue weighted by Crippen LogP contribution is -2.59. The lowest BCUT2D eigenvalue weighted by atomic mass is 9.78. The first-order chi connectivity index (χ1) is 5.79. The average molecular weight is 185 g/mol. The Morgan fingerprint density at radius 2 is 2.08 bits per heavy atom. The van der Waals surface area contributed by atoms with Crippen LogP contribution in [0.15, 0.2) is 0 Å². The molecule has 0 aromatic carbocycles. The number of likely N-dealkylation sites (tertiary alicyclic amines) is 1. The van der Waals surface area contributed by atoms with E-state index in [0.29, 0.717) is 0 Å². The van der Waals surface area contributed by atoms with Crippen molar-refractivity contribution in [1.29, 1.82) is 0 Å². The number of rotatable bonds is 2. The number of nitrogens with zero attached hydrogens (tertiary/aromatic N) is 1. The van der Waals surface area contributed by atoms with Crippen LogP contribution in [0.2, 0.25) is 0 Å². The van der Waals surface area contributed by atoms with E-state index in [9.17, 15) is 4.79 Å². The second kappa shape index (κ2) is 2.96. The molecule has 0 aromatic heterocycles. The van der Waals surface area contributed by atoms with Crippen molar-refractivity contribution < 1.29 is 4.79 Å². The minimum atomic E-state index is -0.465. The molecule has 1 amide bonds. The Balaban J connectivity index is 2.85. The van der Waals surface area contributed by atoms with E-state index in [4.69, 9.17) is 11.5 Å². The van der Waals surface area contributed by atoms with Crippen LogP contribution >= 0.6 is 0 Å². The third-order valence-electron chi connectivity index (χ3n) is 3.56. The molecule has 1 saturated heterocycles. The Hall–Kier alpha value is -0.610. The predicted octanol–water partition coefficient (Wildman–Crippen LogP) is -0.327. The van der Waals surface area contributed by atoms with Crippen molar-refractivity contribution >= 4 is 5.91 Å². The molecular formula is C9H19N3O. The maximum atomic E-state index is 10.9. The molecule has 0 radical (unpaired) electrons. The summed E-state index contributed by atoms with van der Waals surface area (Å²) >= 11 is 0. The maximum Gasteiger partial charge on any atom is 0.219 e. The Morgan fingerprint density at radius 1 is 1.54 bits per heavy atom. The number of likely N-dealkylation sites (N-methyl/N-ethyl adjacent to an activating group) is 1. The van der Waals surface area contributed by atoms with Crippen LogP contribution in [0.3, 0.4) is 0 Å². The fraction of sp³-hybridized carbons (Fsp3) is 0.889. The largest absolute Gasteiger partial charge is 0.370 e. The highest BCUT2D eigenvalue weighted by atomic mass is 16.1. The number of primary amides is 1. The van der Waals surface area contributed by atoms with E-state index in [1.807, 2.05) is 7.05 Å². The van der Waals surface area contributed by atoms with Crippen molar-refractivity contribution in [2.45, 2.75) is 37.8 Å². The van der Waals surface area contributed by atoms with Gasteiger partial charge in [-0.3, -0.25) is 9.69 Å². The fourth-order valence-corrected chi connectivity index (χ4v) is 1.95. The van der Waals surface area contributed by atoms with Crippen LogP contribution in [0, 0.1) is 0 Å². The first kappa shape index (κ1) is 10.5. The zero-order chi connectivity index (χ0) is 10.3. The predicted molar refractivity (Wildman–Crippen MR) is 52.1 cm³/mol. The molecule has 1 aliphatic rings. The van der Waals surface area contributed by atoms with Crippen molar-refractivity contribution in [2.75, 3.05) is 13.6 Å². The molecule has 13 heavy (non-hydrogen) atoms. The van der Waals surface area contributed by atoms with Gasteiger partial charge in [-0.05, 0) is 27.3 Å². The molecule has 4 heteroatoms. The highest BCUT2D eigenvalue weighted by molar-refractivity contribution is 5.75. The molecule has 0 spiro atoms. The summed E-state index contributed by atoms with van der Waals surface area (Å²) in [6.45, 7) is 5.04. The second-order valence-corrected chi connectivity index (χ2v) is 4.53. The van der Waals surface area contributed by atoms with Crippen molar-refractivity contribution in [3.63, 3.8) is 0 Å². The van der Waals surface area contributed by atoms with Crippen LogP contribution in [0.4, 0.5) is 0 Å². The minimum absolute atomic E-state index is 0.151. The van der Waals surface area contributed by atoms with Gasteiger partial charge in [0.15, 0.2) is 0 Å². The van der Waals surface area contributed by atoms with Gasteiger partial charge < -0.3 is 11.5 Å². The summed E-state index contributed by atoms with van der Waals surface area (Å²) in [7, 11) is 2.02. The highest BCUT2D eigenvalue weighted by Crippen LogP contribution is 2.37. The van der Waals surface area contributed by atoms with Gasteiger partial charge in [0.25, 0.3) is 0 Å². The molecular weight excluding hydrogens is 166 g/mol. The van der Waals surface area contributed by atoms with Gasteiger partial charge in [-0.15, -0.1) is 0 Å². The number of carbonyl (C=O) groups is 1. The summed E-state index contributed by atoms with van der Waals surface area (Å²) in [5.74, 6) is -0.314. The molecule has 1 aliphatic heterocycles. The lowest BCUT2D eigenvalue weighted by Gasteiger charge is -2.40. The summed E-state index contributed by atoms with van der Waals surface area (Å²) in [4.78, 5) is 13.1. The van der Waals surface area contributed by atoms with E-state index >= 15 is 0 Å². The standard InChI is InChI=1S/C9H19N3O/c1-8(2)9(11,6-7(10)13)4-5-12(8)3/h4-6,11H2,1-3H3,(H2,10,13). The molecule has 4 nitrogen and oxygen atoms in total. The van der Waals surface area contributed by atoms with E-state index in [1.165, 1.54) is 0 Å². The van der Waals surface area contributed by atoms with Crippen molar-refractivity contribution in [1.82, 2.24) is 4.90 Å². The molecule has 0 saturated carbocycles. The average Bonchev–Trinajstić information content (AvgIpc) is 2.13. The highest BCUT2D eigenvalue weighted by Gasteiger charge is 2.49. The van der Waals surface area contributed by atoms with Gasteiger partial charge in [0, 0.05) is 24.0 Å². The van der Waals surface area contributed by atoms with Gasteiger partial charge in [-0.1, -0.05) is 0 Å².